The van der Waals surface area contributed by atoms with E-state index >= 15 is 0 Å². The summed E-state index contributed by atoms with van der Waals surface area (Å²) >= 11 is 0. The molecule has 0 spiro atoms. The third-order valence-electron chi connectivity index (χ3n) is 2.51. The molecule has 2 aromatic rings. The molecule has 2 N–H and O–H groups in total. The Morgan fingerprint density at radius 3 is 2.94 bits per heavy atom. The van der Waals surface area contributed by atoms with E-state index in [-0.39, 0.29) is 5.91 Å². The van der Waals surface area contributed by atoms with E-state index in [2.05, 4.69) is 10.3 Å². The van der Waals surface area contributed by atoms with E-state index in [9.17, 15) is 4.79 Å². The number of carbonyl (C=O) groups excluding carboxylic acids is 1. The van der Waals surface area contributed by atoms with Gasteiger partial charge in [-0.15, -0.1) is 0 Å². The molecule has 0 unspecified atom stereocenters. The van der Waals surface area contributed by atoms with Gasteiger partial charge in [0.15, 0.2) is 0 Å². The highest BCUT2D eigenvalue weighted by Crippen LogP contribution is 2.21. The maximum atomic E-state index is 11.2. The van der Waals surface area contributed by atoms with Gasteiger partial charge in [-0.05, 0) is 24.3 Å². The first-order chi connectivity index (χ1) is 7.72. The Morgan fingerprint density at radius 1 is 1.44 bits per heavy atom. The highest BCUT2D eigenvalue weighted by atomic mass is 16.5. The third kappa shape index (κ3) is 2.00. The quantitative estimate of drug-likeness (QED) is 0.819. The van der Waals surface area contributed by atoms with Crippen LogP contribution in [0.5, 0.6) is 5.75 Å². The molecule has 2 rings (SSSR count). The van der Waals surface area contributed by atoms with Gasteiger partial charge in [0, 0.05) is 23.6 Å². The molecule has 0 radical (unpaired) electrons. The van der Waals surface area contributed by atoms with Crippen LogP contribution in [0.1, 0.15) is 5.69 Å². The molecule has 4 heteroatoms. The van der Waals surface area contributed by atoms with Crippen molar-refractivity contribution in [2.75, 3.05) is 14.2 Å². The first-order valence-electron chi connectivity index (χ1n) is 5.09. The van der Waals surface area contributed by atoms with Crippen LogP contribution in [0.3, 0.4) is 0 Å². The number of fused-ring (bicyclic) bond motifs is 1. The lowest BCUT2D eigenvalue weighted by molar-refractivity contribution is -0.120. The number of methoxy groups -OCH3 is 1. The monoisotopic (exact) mass is 218 g/mol. The summed E-state index contributed by atoms with van der Waals surface area (Å²) in [4.78, 5) is 14.4. The van der Waals surface area contributed by atoms with Crippen molar-refractivity contribution < 1.29 is 9.53 Å². The lowest BCUT2D eigenvalue weighted by Gasteiger charge is -1.97. The molecule has 0 atom stereocenters. The second-order valence-corrected chi connectivity index (χ2v) is 3.60. The van der Waals surface area contributed by atoms with E-state index in [1.54, 1.807) is 14.2 Å². The molecule has 0 bridgehead atoms. The van der Waals surface area contributed by atoms with Gasteiger partial charge >= 0.3 is 0 Å². The summed E-state index contributed by atoms with van der Waals surface area (Å²) in [5, 5.41) is 3.65. The smallest absolute Gasteiger partial charge is 0.225 e. The molecule has 4 nitrogen and oxygen atoms in total. The van der Waals surface area contributed by atoms with Crippen LogP contribution in [-0.2, 0) is 11.2 Å². The van der Waals surface area contributed by atoms with Gasteiger partial charge in [0.1, 0.15) is 5.75 Å². The number of aromatic nitrogens is 1. The summed E-state index contributed by atoms with van der Waals surface area (Å²) < 4.78 is 5.14. The van der Waals surface area contributed by atoms with Crippen molar-refractivity contribution in [3.8, 4) is 5.75 Å². The fourth-order valence-electron chi connectivity index (χ4n) is 1.65. The van der Waals surface area contributed by atoms with Gasteiger partial charge in [0.05, 0.1) is 13.5 Å². The zero-order chi connectivity index (χ0) is 11.5. The maximum absolute atomic E-state index is 11.2. The van der Waals surface area contributed by atoms with Crippen LogP contribution in [0.15, 0.2) is 24.3 Å². The largest absolute Gasteiger partial charge is 0.497 e. The number of likely N-dealkylation sites (N-methyl/N-ethyl adjacent to an activating group) is 1. The topological polar surface area (TPSA) is 54.1 Å². The van der Waals surface area contributed by atoms with Crippen LogP contribution < -0.4 is 10.1 Å². The van der Waals surface area contributed by atoms with Gasteiger partial charge in [-0.3, -0.25) is 4.79 Å². The van der Waals surface area contributed by atoms with E-state index in [1.165, 1.54) is 0 Å². The molecule has 16 heavy (non-hydrogen) atoms. The van der Waals surface area contributed by atoms with Gasteiger partial charge < -0.3 is 15.0 Å². The number of hydrogen-bond acceptors (Lipinski definition) is 2. The molecule has 0 saturated carbocycles. The highest BCUT2D eigenvalue weighted by Gasteiger charge is 2.05. The van der Waals surface area contributed by atoms with E-state index < -0.39 is 0 Å². The maximum Gasteiger partial charge on any atom is 0.225 e. The minimum absolute atomic E-state index is 0.00137. The molecule has 1 aromatic carbocycles. The standard InChI is InChI=1S/C12H14N2O2/c1-13-12(15)7-9-5-8-6-10(16-2)3-4-11(8)14-9/h3-6,14H,7H2,1-2H3,(H,13,15). The van der Waals surface area contributed by atoms with Crippen LogP contribution >= 0.6 is 0 Å². The van der Waals surface area contributed by atoms with Crippen molar-refractivity contribution in [1.29, 1.82) is 0 Å². The molecule has 0 aliphatic heterocycles. The van der Waals surface area contributed by atoms with Crippen molar-refractivity contribution in [2.45, 2.75) is 6.42 Å². The summed E-state index contributed by atoms with van der Waals surface area (Å²) in [6, 6.07) is 7.75. The number of aromatic amines is 1. The number of hydrogen-bond donors (Lipinski definition) is 2. The number of amides is 1. The summed E-state index contributed by atoms with van der Waals surface area (Å²) in [5.41, 5.74) is 1.92. The molecule has 1 amide bonds. The van der Waals surface area contributed by atoms with Crippen molar-refractivity contribution in [2.24, 2.45) is 0 Å². The SMILES string of the molecule is CNC(=O)Cc1cc2cc(OC)ccc2[nH]1. The highest BCUT2D eigenvalue weighted by molar-refractivity contribution is 5.84. The number of ether oxygens (including phenoxy) is 1. The Labute approximate surface area is 93.6 Å². The number of rotatable bonds is 3. The second kappa shape index (κ2) is 4.26. The second-order valence-electron chi connectivity index (χ2n) is 3.60. The summed E-state index contributed by atoms with van der Waals surface area (Å²) in [6.07, 6.45) is 0.369. The summed E-state index contributed by atoms with van der Waals surface area (Å²) in [7, 11) is 3.27. The first-order valence-corrected chi connectivity index (χ1v) is 5.09. The van der Waals surface area contributed by atoms with Gasteiger partial charge in [-0.25, -0.2) is 0 Å². The fraction of sp³-hybridized carbons (Fsp3) is 0.250. The Kier molecular flexibility index (Phi) is 2.81. The van der Waals surface area contributed by atoms with E-state index in [1.807, 2.05) is 24.3 Å². The van der Waals surface area contributed by atoms with E-state index in [0.29, 0.717) is 6.42 Å². The van der Waals surface area contributed by atoms with Gasteiger partial charge in [0.2, 0.25) is 5.91 Å². The molecular weight excluding hydrogens is 204 g/mol. The average Bonchev–Trinajstić information content (AvgIpc) is 2.69. The average molecular weight is 218 g/mol. The first kappa shape index (κ1) is 10.5. The Bertz CT molecular complexity index is 517. The predicted octanol–water partition coefficient (Wildman–Crippen LogP) is 1.46. The molecule has 0 fully saturated rings. The number of H-pyrrole nitrogens is 1. The molecular formula is C12H14N2O2. The molecule has 1 aromatic heterocycles. The van der Waals surface area contributed by atoms with Crippen LogP contribution in [0.2, 0.25) is 0 Å². The van der Waals surface area contributed by atoms with Crippen LogP contribution in [0.4, 0.5) is 0 Å². The Hall–Kier alpha value is -1.97. The molecule has 0 saturated heterocycles. The predicted molar refractivity (Wildman–Crippen MR) is 62.6 cm³/mol. The molecule has 1 heterocycles. The summed E-state index contributed by atoms with van der Waals surface area (Å²) in [6.45, 7) is 0. The van der Waals surface area contributed by atoms with Crippen molar-refractivity contribution in [3.63, 3.8) is 0 Å². The molecule has 0 aliphatic rings. The zero-order valence-electron chi connectivity index (χ0n) is 9.33. The lowest BCUT2D eigenvalue weighted by Crippen LogP contribution is -2.19. The van der Waals surface area contributed by atoms with E-state index in [4.69, 9.17) is 4.74 Å². The van der Waals surface area contributed by atoms with Crippen molar-refractivity contribution >= 4 is 16.8 Å². The lowest BCUT2D eigenvalue weighted by atomic mass is 10.2. The minimum atomic E-state index is -0.00137. The fourth-order valence-corrected chi connectivity index (χ4v) is 1.65. The van der Waals surface area contributed by atoms with E-state index in [0.717, 1.165) is 22.3 Å². The Balaban J connectivity index is 2.32. The third-order valence-corrected chi connectivity index (χ3v) is 2.51. The van der Waals surface area contributed by atoms with Gasteiger partial charge in [-0.1, -0.05) is 0 Å². The number of nitrogens with one attached hydrogen (secondary N) is 2. The van der Waals surface area contributed by atoms with Crippen LogP contribution in [-0.4, -0.2) is 25.0 Å². The van der Waals surface area contributed by atoms with Gasteiger partial charge in [0.25, 0.3) is 0 Å². The van der Waals surface area contributed by atoms with Crippen LogP contribution in [0.25, 0.3) is 10.9 Å². The van der Waals surface area contributed by atoms with Crippen molar-refractivity contribution in [3.05, 3.63) is 30.0 Å². The van der Waals surface area contributed by atoms with Gasteiger partial charge in [-0.2, -0.15) is 0 Å². The normalized spacial score (nSPS) is 10.4. The minimum Gasteiger partial charge on any atom is -0.497 e. The zero-order valence-corrected chi connectivity index (χ0v) is 9.33. The Morgan fingerprint density at radius 2 is 2.25 bits per heavy atom. The number of carbonyl (C=O) groups is 1. The molecule has 0 aliphatic carbocycles. The summed E-state index contributed by atoms with van der Waals surface area (Å²) in [5.74, 6) is 0.816. The molecule has 84 valence electrons. The van der Waals surface area contributed by atoms with Crippen molar-refractivity contribution in [1.82, 2.24) is 10.3 Å². The number of benzene rings is 1. The van der Waals surface area contributed by atoms with Crippen LogP contribution in [0, 0.1) is 0 Å².